The number of carbonyl (C=O) groups excluding carboxylic acids is 1. The lowest BCUT2D eigenvalue weighted by atomic mass is 9.97. The van der Waals surface area contributed by atoms with Crippen LogP contribution in [0.4, 0.5) is 0 Å². The lowest BCUT2D eigenvalue weighted by Crippen LogP contribution is -2.42. The van der Waals surface area contributed by atoms with Gasteiger partial charge in [-0.3, -0.25) is 4.79 Å². The van der Waals surface area contributed by atoms with Gasteiger partial charge in [-0.25, -0.2) is 0 Å². The third-order valence-corrected chi connectivity index (χ3v) is 3.73. The number of rotatable bonds is 8. The summed E-state index contributed by atoms with van der Waals surface area (Å²) in [6.45, 7) is 4.17. The molecule has 0 atom stereocenters. The van der Waals surface area contributed by atoms with Gasteiger partial charge >= 0.3 is 0 Å². The van der Waals surface area contributed by atoms with Crippen molar-refractivity contribution in [3.63, 3.8) is 0 Å². The summed E-state index contributed by atoms with van der Waals surface area (Å²) in [7, 11) is 1.63. The summed E-state index contributed by atoms with van der Waals surface area (Å²) in [6.07, 6.45) is 2.40. The molecule has 0 heterocycles. The predicted molar refractivity (Wildman–Crippen MR) is 79.9 cm³/mol. The van der Waals surface area contributed by atoms with E-state index in [9.17, 15) is 9.90 Å². The van der Waals surface area contributed by atoms with Crippen molar-refractivity contribution in [2.45, 2.75) is 45.1 Å². The van der Waals surface area contributed by atoms with Gasteiger partial charge in [0.2, 0.25) is 5.91 Å². The molecule has 0 bridgehead atoms. The van der Waals surface area contributed by atoms with Crippen LogP contribution in [-0.4, -0.2) is 30.3 Å². The number of hydrogen-bond donors (Lipinski definition) is 2. The fourth-order valence-corrected chi connectivity index (χ4v) is 1.90. The number of nitrogens with one attached hydrogen (secondary N) is 1. The number of methoxy groups -OCH3 is 1. The smallest absolute Gasteiger partial charge is 0.220 e. The third-order valence-electron chi connectivity index (χ3n) is 3.73. The maximum atomic E-state index is 11.8. The molecular weight excluding hydrogens is 254 g/mol. The van der Waals surface area contributed by atoms with Crippen molar-refractivity contribution in [2.24, 2.45) is 0 Å². The number of carbonyl (C=O) groups is 1. The van der Waals surface area contributed by atoms with E-state index in [2.05, 4.69) is 5.32 Å². The van der Waals surface area contributed by atoms with Gasteiger partial charge in [-0.2, -0.15) is 0 Å². The topological polar surface area (TPSA) is 58.6 Å². The van der Waals surface area contributed by atoms with E-state index >= 15 is 0 Å². The first-order chi connectivity index (χ1) is 9.53. The molecule has 0 saturated carbocycles. The molecule has 0 fully saturated rings. The average molecular weight is 279 g/mol. The van der Waals surface area contributed by atoms with Crippen molar-refractivity contribution in [3.05, 3.63) is 29.8 Å². The van der Waals surface area contributed by atoms with Gasteiger partial charge in [-0.1, -0.05) is 26.0 Å². The summed E-state index contributed by atoms with van der Waals surface area (Å²) in [6, 6.07) is 7.70. The van der Waals surface area contributed by atoms with E-state index in [0.29, 0.717) is 32.2 Å². The van der Waals surface area contributed by atoms with Crippen LogP contribution < -0.4 is 10.1 Å². The van der Waals surface area contributed by atoms with Gasteiger partial charge in [-0.05, 0) is 37.0 Å². The van der Waals surface area contributed by atoms with Crippen molar-refractivity contribution in [3.8, 4) is 5.75 Å². The summed E-state index contributed by atoms with van der Waals surface area (Å²) < 4.78 is 5.09. The normalized spacial score (nSPS) is 11.2. The van der Waals surface area contributed by atoms with E-state index in [1.54, 1.807) is 7.11 Å². The van der Waals surface area contributed by atoms with E-state index in [1.807, 2.05) is 38.1 Å². The summed E-state index contributed by atoms with van der Waals surface area (Å²) in [5, 5.41) is 12.9. The minimum atomic E-state index is -0.782. The highest BCUT2D eigenvalue weighted by Gasteiger charge is 2.22. The Morgan fingerprint density at radius 2 is 1.85 bits per heavy atom. The molecule has 1 rings (SSSR count). The number of aliphatic hydroxyl groups is 1. The van der Waals surface area contributed by atoms with Crippen LogP contribution in [0.15, 0.2) is 24.3 Å². The number of ether oxygens (including phenoxy) is 1. The first-order valence-corrected chi connectivity index (χ1v) is 7.15. The molecule has 112 valence electrons. The van der Waals surface area contributed by atoms with Gasteiger partial charge in [0.25, 0.3) is 0 Å². The van der Waals surface area contributed by atoms with Crippen LogP contribution in [0.5, 0.6) is 5.75 Å². The molecule has 1 aromatic rings. The molecule has 0 aliphatic heterocycles. The van der Waals surface area contributed by atoms with E-state index < -0.39 is 5.60 Å². The van der Waals surface area contributed by atoms with Crippen LogP contribution in [-0.2, 0) is 11.2 Å². The van der Waals surface area contributed by atoms with Crippen molar-refractivity contribution in [2.75, 3.05) is 13.7 Å². The molecule has 1 amide bonds. The molecule has 0 aliphatic carbocycles. The van der Waals surface area contributed by atoms with Crippen molar-refractivity contribution in [1.82, 2.24) is 5.32 Å². The monoisotopic (exact) mass is 279 g/mol. The van der Waals surface area contributed by atoms with Crippen LogP contribution in [0.3, 0.4) is 0 Å². The molecular formula is C16H25NO3. The Balaban J connectivity index is 2.35. The number of benzene rings is 1. The Bertz CT molecular complexity index is 410. The maximum Gasteiger partial charge on any atom is 0.220 e. The number of amides is 1. The molecule has 0 saturated heterocycles. The van der Waals surface area contributed by atoms with Crippen LogP contribution in [0.1, 0.15) is 38.7 Å². The van der Waals surface area contributed by atoms with Crippen LogP contribution in [0.25, 0.3) is 0 Å². The maximum absolute atomic E-state index is 11.8. The van der Waals surface area contributed by atoms with E-state index in [1.165, 1.54) is 0 Å². The van der Waals surface area contributed by atoms with Gasteiger partial charge < -0.3 is 15.2 Å². The molecule has 0 unspecified atom stereocenters. The molecule has 0 spiro atoms. The lowest BCUT2D eigenvalue weighted by Gasteiger charge is -2.25. The van der Waals surface area contributed by atoms with Crippen molar-refractivity contribution >= 4 is 5.91 Å². The second-order valence-electron chi connectivity index (χ2n) is 5.06. The fraction of sp³-hybridized carbons (Fsp3) is 0.562. The molecule has 1 aromatic carbocycles. The van der Waals surface area contributed by atoms with Gasteiger partial charge in [0.15, 0.2) is 0 Å². The summed E-state index contributed by atoms with van der Waals surface area (Å²) in [4.78, 5) is 11.8. The largest absolute Gasteiger partial charge is 0.497 e. The molecule has 0 aliphatic rings. The first kappa shape index (κ1) is 16.5. The van der Waals surface area contributed by atoms with Crippen molar-refractivity contribution in [1.29, 1.82) is 0 Å². The Labute approximate surface area is 121 Å². The highest BCUT2D eigenvalue weighted by atomic mass is 16.5. The van der Waals surface area contributed by atoms with E-state index in [0.717, 1.165) is 11.3 Å². The van der Waals surface area contributed by atoms with Crippen LogP contribution in [0.2, 0.25) is 0 Å². The van der Waals surface area contributed by atoms with E-state index in [-0.39, 0.29) is 5.91 Å². The Kier molecular flexibility index (Phi) is 6.52. The SMILES string of the molecule is CCC(O)(CC)CNC(=O)CCc1ccc(OC)cc1. The minimum Gasteiger partial charge on any atom is -0.497 e. The Morgan fingerprint density at radius 3 is 2.35 bits per heavy atom. The van der Waals surface area contributed by atoms with Gasteiger partial charge in [-0.15, -0.1) is 0 Å². The predicted octanol–water partition coefficient (Wildman–Crippen LogP) is 2.30. The summed E-state index contributed by atoms with van der Waals surface area (Å²) in [5.41, 5.74) is 0.317. The average Bonchev–Trinajstić information content (AvgIpc) is 2.51. The second-order valence-corrected chi connectivity index (χ2v) is 5.06. The zero-order valence-electron chi connectivity index (χ0n) is 12.6. The third kappa shape index (κ3) is 5.21. The zero-order valence-corrected chi connectivity index (χ0v) is 12.6. The summed E-state index contributed by atoms with van der Waals surface area (Å²) in [5.74, 6) is 0.787. The lowest BCUT2D eigenvalue weighted by molar-refractivity contribution is -0.122. The summed E-state index contributed by atoms with van der Waals surface area (Å²) >= 11 is 0. The zero-order chi connectivity index (χ0) is 15.0. The standard InChI is InChI=1S/C16H25NO3/c1-4-16(19,5-2)12-17-15(18)11-8-13-6-9-14(20-3)10-7-13/h6-7,9-10,19H,4-5,8,11-12H2,1-3H3,(H,17,18). The van der Waals surface area contributed by atoms with Gasteiger partial charge in [0.1, 0.15) is 5.75 Å². The number of hydrogen-bond acceptors (Lipinski definition) is 3. The fourth-order valence-electron chi connectivity index (χ4n) is 1.90. The molecule has 2 N–H and O–H groups in total. The Morgan fingerprint density at radius 1 is 1.25 bits per heavy atom. The van der Waals surface area contributed by atoms with Crippen molar-refractivity contribution < 1.29 is 14.6 Å². The highest BCUT2D eigenvalue weighted by Crippen LogP contribution is 2.14. The minimum absolute atomic E-state index is 0.0267. The molecule has 4 heteroatoms. The number of aryl methyl sites for hydroxylation is 1. The van der Waals surface area contributed by atoms with Gasteiger partial charge in [0, 0.05) is 13.0 Å². The van der Waals surface area contributed by atoms with Crippen LogP contribution in [0, 0.1) is 0 Å². The van der Waals surface area contributed by atoms with Crippen LogP contribution >= 0.6 is 0 Å². The first-order valence-electron chi connectivity index (χ1n) is 7.15. The Hall–Kier alpha value is -1.55. The second kappa shape index (κ2) is 7.90. The quantitative estimate of drug-likeness (QED) is 0.767. The molecule has 20 heavy (non-hydrogen) atoms. The molecule has 0 radical (unpaired) electrons. The molecule has 0 aromatic heterocycles. The van der Waals surface area contributed by atoms with E-state index in [4.69, 9.17) is 4.74 Å². The molecule has 4 nitrogen and oxygen atoms in total. The van der Waals surface area contributed by atoms with Gasteiger partial charge in [0.05, 0.1) is 12.7 Å². The highest BCUT2D eigenvalue weighted by molar-refractivity contribution is 5.76.